The number of amidine groups is 1. The Hall–Kier alpha value is -2.73. The molecule has 32 heavy (non-hydrogen) atoms. The zero-order chi connectivity index (χ0) is 22.9. The normalized spacial score (nSPS) is 15.9. The molecule has 1 heterocycles. The molecule has 1 fully saturated rings. The Morgan fingerprint density at radius 1 is 1.25 bits per heavy atom. The van der Waals surface area contributed by atoms with E-state index in [1.54, 1.807) is 12.0 Å². The van der Waals surface area contributed by atoms with Crippen LogP contribution in [0.4, 0.5) is 5.69 Å². The fourth-order valence-electron chi connectivity index (χ4n) is 2.92. The largest absolute Gasteiger partial charge is 0.490 e. The minimum Gasteiger partial charge on any atom is -0.490 e. The molecule has 0 radical (unpaired) electrons. The van der Waals surface area contributed by atoms with Crippen molar-refractivity contribution in [1.82, 2.24) is 4.90 Å². The summed E-state index contributed by atoms with van der Waals surface area (Å²) in [5, 5.41) is 0.613. The third-order valence-corrected chi connectivity index (χ3v) is 5.91. The number of thioether (sulfide) groups is 1. The summed E-state index contributed by atoms with van der Waals surface area (Å²) in [5.41, 5.74) is 1.57. The minimum absolute atomic E-state index is 0.122. The van der Waals surface area contributed by atoms with Crippen molar-refractivity contribution in [3.63, 3.8) is 0 Å². The van der Waals surface area contributed by atoms with Gasteiger partial charge >= 0.3 is 0 Å². The van der Waals surface area contributed by atoms with Crippen LogP contribution in [0.1, 0.15) is 12.5 Å². The van der Waals surface area contributed by atoms with E-state index in [4.69, 9.17) is 20.6 Å². The summed E-state index contributed by atoms with van der Waals surface area (Å²) < 4.78 is 17.2. The summed E-state index contributed by atoms with van der Waals surface area (Å²) in [7, 11) is 1.61. The number of para-hydroxylation sites is 1. The minimum atomic E-state index is -0.122. The Morgan fingerprint density at radius 3 is 2.72 bits per heavy atom. The summed E-state index contributed by atoms with van der Waals surface area (Å²) >= 11 is 4.85. The number of benzene rings is 2. The van der Waals surface area contributed by atoms with Crippen molar-refractivity contribution in [1.29, 1.82) is 0 Å². The van der Waals surface area contributed by atoms with Crippen molar-refractivity contribution in [2.45, 2.75) is 6.92 Å². The van der Waals surface area contributed by atoms with E-state index in [0.717, 1.165) is 11.3 Å². The van der Waals surface area contributed by atoms with Crippen molar-refractivity contribution in [2.75, 3.05) is 33.5 Å². The average Bonchev–Trinajstić information content (AvgIpc) is 3.06. The van der Waals surface area contributed by atoms with Crippen molar-refractivity contribution in [3.8, 4) is 23.8 Å². The molecule has 0 saturated carbocycles. The molecular weight excluding hydrogens is 492 g/mol. The number of terminal acetylenes is 1. The van der Waals surface area contributed by atoms with Gasteiger partial charge in [-0.3, -0.25) is 9.69 Å². The Balaban J connectivity index is 1.96. The second-order valence-electron chi connectivity index (χ2n) is 6.55. The van der Waals surface area contributed by atoms with Crippen LogP contribution >= 0.6 is 27.7 Å². The van der Waals surface area contributed by atoms with Crippen LogP contribution in [-0.4, -0.2) is 49.4 Å². The van der Waals surface area contributed by atoms with Gasteiger partial charge in [0, 0.05) is 7.11 Å². The van der Waals surface area contributed by atoms with Gasteiger partial charge in [0.1, 0.15) is 6.61 Å². The molecular formula is C24H23BrN2O4S. The zero-order valence-corrected chi connectivity index (χ0v) is 20.2. The average molecular weight is 515 g/mol. The predicted octanol–water partition coefficient (Wildman–Crippen LogP) is 5.11. The molecule has 1 amide bonds. The van der Waals surface area contributed by atoms with Gasteiger partial charge in [-0.15, -0.1) is 6.42 Å². The van der Waals surface area contributed by atoms with Crippen LogP contribution in [0.5, 0.6) is 11.5 Å². The molecule has 0 N–H and O–H groups in total. The third-order valence-electron chi connectivity index (χ3n) is 4.32. The number of halogens is 1. The highest BCUT2D eigenvalue weighted by Crippen LogP contribution is 2.39. The van der Waals surface area contributed by atoms with Crippen LogP contribution < -0.4 is 9.47 Å². The number of methoxy groups -OCH3 is 1. The molecule has 1 aliphatic rings. The number of hydrogen-bond donors (Lipinski definition) is 0. The lowest BCUT2D eigenvalue weighted by molar-refractivity contribution is -0.122. The highest BCUT2D eigenvalue weighted by Gasteiger charge is 2.33. The summed E-state index contributed by atoms with van der Waals surface area (Å²) in [6, 6.07) is 13.2. The maximum atomic E-state index is 13.1. The van der Waals surface area contributed by atoms with Crippen molar-refractivity contribution in [2.24, 2.45) is 4.99 Å². The third kappa shape index (κ3) is 5.94. The summed E-state index contributed by atoms with van der Waals surface area (Å²) in [6.45, 7) is 3.31. The first kappa shape index (κ1) is 23.9. The van der Waals surface area contributed by atoms with Crippen molar-refractivity contribution >= 4 is 50.5 Å². The van der Waals surface area contributed by atoms with Crippen LogP contribution in [0, 0.1) is 12.3 Å². The van der Waals surface area contributed by atoms with E-state index in [-0.39, 0.29) is 12.5 Å². The number of carbonyl (C=O) groups excluding carboxylic acids is 1. The predicted molar refractivity (Wildman–Crippen MR) is 132 cm³/mol. The Morgan fingerprint density at radius 2 is 2.03 bits per heavy atom. The van der Waals surface area contributed by atoms with Crippen LogP contribution in [0.15, 0.2) is 56.8 Å². The first-order valence-electron chi connectivity index (χ1n) is 9.94. The number of rotatable bonds is 9. The molecule has 0 atom stereocenters. The Labute approximate surface area is 200 Å². The highest BCUT2D eigenvalue weighted by atomic mass is 79.9. The Kier molecular flexibility index (Phi) is 8.80. The molecule has 0 bridgehead atoms. The molecule has 1 saturated heterocycles. The van der Waals surface area contributed by atoms with Gasteiger partial charge in [-0.25, -0.2) is 4.99 Å². The van der Waals surface area contributed by atoms with Gasteiger partial charge in [-0.1, -0.05) is 24.1 Å². The number of nitrogens with zero attached hydrogens (tertiary/aromatic N) is 2. The van der Waals surface area contributed by atoms with E-state index in [1.807, 2.05) is 55.5 Å². The molecule has 6 nitrogen and oxygen atoms in total. The number of hydrogen-bond acceptors (Lipinski definition) is 6. The lowest BCUT2D eigenvalue weighted by atomic mass is 10.2. The molecule has 2 aromatic carbocycles. The molecule has 0 aromatic heterocycles. The van der Waals surface area contributed by atoms with Gasteiger partial charge in [0.15, 0.2) is 16.7 Å². The summed E-state index contributed by atoms with van der Waals surface area (Å²) in [6.07, 6.45) is 7.13. The lowest BCUT2D eigenvalue weighted by Crippen LogP contribution is -2.32. The molecule has 0 aliphatic carbocycles. The zero-order valence-electron chi connectivity index (χ0n) is 17.8. The Bertz CT molecular complexity index is 1060. The summed E-state index contributed by atoms with van der Waals surface area (Å²) in [4.78, 5) is 20.0. The SMILES string of the molecule is C#CCOc1c(Br)cc(/C=C2\SC(=Nc3ccccc3)N(CCOC)C2=O)cc1OCC. The fraction of sp³-hybridized carbons (Fsp3) is 0.250. The molecule has 3 rings (SSSR count). The van der Waals surface area contributed by atoms with Crippen molar-refractivity contribution < 1.29 is 19.0 Å². The maximum Gasteiger partial charge on any atom is 0.266 e. The quantitative estimate of drug-likeness (QED) is 0.343. The second-order valence-corrected chi connectivity index (χ2v) is 8.41. The lowest BCUT2D eigenvalue weighted by Gasteiger charge is -2.14. The number of aliphatic imine (C=N–C) groups is 1. The fourth-order valence-corrected chi connectivity index (χ4v) is 4.52. The van der Waals surface area contributed by atoms with Crippen LogP contribution in [-0.2, 0) is 9.53 Å². The molecule has 8 heteroatoms. The van der Waals surface area contributed by atoms with Crippen LogP contribution in [0.25, 0.3) is 6.08 Å². The number of amides is 1. The van der Waals surface area contributed by atoms with Crippen LogP contribution in [0.3, 0.4) is 0 Å². The van der Waals surface area contributed by atoms with Gasteiger partial charge in [0.25, 0.3) is 5.91 Å². The highest BCUT2D eigenvalue weighted by molar-refractivity contribution is 9.10. The molecule has 0 unspecified atom stereocenters. The summed E-state index contributed by atoms with van der Waals surface area (Å²) in [5.74, 6) is 3.41. The van der Waals surface area contributed by atoms with Gasteiger partial charge in [0.2, 0.25) is 0 Å². The van der Waals surface area contributed by atoms with E-state index in [2.05, 4.69) is 26.8 Å². The molecule has 1 aliphatic heterocycles. The van der Waals surface area contributed by atoms with Gasteiger partial charge in [-0.2, -0.15) is 0 Å². The van der Waals surface area contributed by atoms with E-state index in [9.17, 15) is 4.79 Å². The van der Waals surface area contributed by atoms with Gasteiger partial charge < -0.3 is 14.2 Å². The number of carbonyl (C=O) groups is 1. The van der Waals surface area contributed by atoms with E-state index in [1.165, 1.54) is 11.8 Å². The van der Waals surface area contributed by atoms with Crippen molar-refractivity contribution in [3.05, 3.63) is 57.4 Å². The van der Waals surface area contributed by atoms with E-state index >= 15 is 0 Å². The molecule has 0 spiro atoms. The van der Waals surface area contributed by atoms with E-state index < -0.39 is 0 Å². The van der Waals surface area contributed by atoms with Gasteiger partial charge in [0.05, 0.1) is 34.8 Å². The maximum absolute atomic E-state index is 13.1. The standard InChI is InChI=1S/C24H23BrN2O4S/c1-4-12-31-22-19(25)14-17(15-20(22)30-5-2)16-21-23(28)27(11-13-29-3)24(32-21)26-18-9-7-6-8-10-18/h1,6-10,14-16H,5,11-13H2,2-3H3/b21-16-,26-24?. The number of ether oxygens (including phenoxy) is 3. The van der Waals surface area contributed by atoms with Crippen LogP contribution in [0.2, 0.25) is 0 Å². The van der Waals surface area contributed by atoms with Gasteiger partial charge in [-0.05, 0) is 70.5 Å². The first-order chi connectivity index (χ1) is 15.6. The molecule has 2 aromatic rings. The first-order valence-corrected chi connectivity index (χ1v) is 11.5. The topological polar surface area (TPSA) is 60.4 Å². The smallest absolute Gasteiger partial charge is 0.266 e. The monoisotopic (exact) mass is 514 g/mol. The molecule has 166 valence electrons. The van der Waals surface area contributed by atoms with E-state index in [0.29, 0.717) is 45.8 Å². The second kappa shape index (κ2) is 11.8.